The Morgan fingerprint density at radius 2 is 2.05 bits per heavy atom. The number of pyridine rings is 1. The first-order valence-electron chi connectivity index (χ1n) is 11.6. The van der Waals surface area contributed by atoms with Crippen molar-refractivity contribution in [2.45, 2.75) is 18.6 Å². The number of aryl methyl sites for hydroxylation is 1. The number of carbonyl (C=O) groups is 1. The fraction of sp³-hybridized carbons (Fsp3) is 0.308. The van der Waals surface area contributed by atoms with E-state index in [1.54, 1.807) is 37.5 Å². The van der Waals surface area contributed by atoms with Crippen LogP contribution in [0, 0.1) is 6.17 Å². The number of nitrogens with zero attached hydrogens (tertiary/aromatic N) is 4. The van der Waals surface area contributed by atoms with E-state index in [0.29, 0.717) is 29.6 Å². The van der Waals surface area contributed by atoms with Gasteiger partial charge in [-0.15, -0.1) is 6.17 Å². The van der Waals surface area contributed by atoms with E-state index in [-0.39, 0.29) is 111 Å². The second-order valence-electron chi connectivity index (χ2n) is 8.96. The Hall–Kier alpha value is -1.68. The molecule has 12 heteroatoms. The predicted octanol–water partition coefficient (Wildman–Crippen LogP) is 1.61. The second-order valence-corrected chi connectivity index (χ2v) is 8.96. The summed E-state index contributed by atoms with van der Waals surface area (Å²) in [6.45, 7) is 4.25. The molecule has 196 valence electrons. The number of fused-ring (bicyclic) bond motifs is 1. The number of carbonyl (C=O) groups excluding carboxylic acids is 1. The number of hydrogen-bond donors (Lipinski definition) is 2. The van der Waals surface area contributed by atoms with E-state index in [1.807, 2.05) is 11.9 Å². The average Bonchev–Trinajstić information content (AvgIpc) is 3.28. The number of hydrogen-bond acceptors (Lipinski definition) is 5. The topological polar surface area (TPSA) is 75.1 Å². The van der Waals surface area contributed by atoms with Crippen molar-refractivity contribution in [1.29, 1.82) is 0 Å². The van der Waals surface area contributed by atoms with E-state index >= 15 is 0 Å². The minimum atomic E-state index is -4.68. The average molecular weight is 648 g/mol. The van der Waals surface area contributed by atoms with E-state index < -0.39 is 17.8 Å². The van der Waals surface area contributed by atoms with Crippen LogP contribution in [0.25, 0.3) is 22.4 Å². The number of nitrogens with one attached hydrogen (secondary N) is 2. The first-order valence-corrected chi connectivity index (χ1v) is 11.6. The summed E-state index contributed by atoms with van der Waals surface area (Å²) in [4.78, 5) is 18.3. The van der Waals surface area contributed by atoms with E-state index in [0.717, 1.165) is 0 Å². The van der Waals surface area contributed by atoms with Crippen LogP contribution in [0.5, 0.6) is 0 Å². The molecule has 1 unspecified atom stereocenters. The van der Waals surface area contributed by atoms with Gasteiger partial charge < -0.3 is 19.9 Å². The Labute approximate surface area is 277 Å². The molecule has 1 aliphatic heterocycles. The molecule has 7 nitrogen and oxygen atoms in total. The number of likely N-dealkylation sites (tertiary alicyclic amines) is 1. The SMILES string of the molecule is C=C(c1nc(/C=C/CNC(=O)c2cnn(C)c2)cc2c(NC3CCN(C)C[C-]3F)cccc12)C(F)(F)F.[Cs+]. The van der Waals surface area contributed by atoms with Crippen molar-refractivity contribution in [3.63, 3.8) is 0 Å². The van der Waals surface area contributed by atoms with E-state index in [1.165, 1.54) is 23.0 Å². The molecule has 1 atom stereocenters. The zero-order valence-electron chi connectivity index (χ0n) is 21.4. The minimum absolute atomic E-state index is 0. The maximum absolute atomic E-state index is 14.6. The van der Waals surface area contributed by atoms with Gasteiger partial charge in [-0.2, -0.15) is 18.3 Å². The molecule has 1 fully saturated rings. The Balaban J connectivity index is 0.00000400. The number of rotatable bonds is 7. The normalized spacial score (nSPS) is 16.9. The molecule has 0 saturated carbocycles. The van der Waals surface area contributed by atoms with Gasteiger partial charge in [0.15, 0.2) is 0 Å². The maximum Gasteiger partial charge on any atom is 1.00 e. The van der Waals surface area contributed by atoms with Gasteiger partial charge in [0.25, 0.3) is 5.91 Å². The summed E-state index contributed by atoms with van der Waals surface area (Å²) in [7, 11) is 3.52. The van der Waals surface area contributed by atoms with Gasteiger partial charge >= 0.3 is 75.1 Å². The van der Waals surface area contributed by atoms with Crippen LogP contribution in [0.2, 0.25) is 0 Å². The summed E-state index contributed by atoms with van der Waals surface area (Å²) in [5.41, 5.74) is -0.254. The number of benzene rings is 1. The number of amides is 1. The molecule has 0 bridgehead atoms. The van der Waals surface area contributed by atoms with Crippen molar-refractivity contribution >= 4 is 34.0 Å². The summed E-state index contributed by atoms with van der Waals surface area (Å²) in [5.74, 6) is -0.335. The van der Waals surface area contributed by atoms with Crippen LogP contribution in [0.3, 0.4) is 0 Å². The molecule has 3 heterocycles. The molecular weight excluding hydrogens is 621 g/mol. The molecule has 2 N–H and O–H groups in total. The van der Waals surface area contributed by atoms with Crippen molar-refractivity contribution in [3.8, 4) is 0 Å². The van der Waals surface area contributed by atoms with Crippen LogP contribution in [0.1, 0.15) is 28.2 Å². The Bertz CT molecular complexity index is 1340. The molecular formula is C26H27CsF4N6O. The monoisotopic (exact) mass is 648 g/mol. The van der Waals surface area contributed by atoms with E-state index in [4.69, 9.17) is 0 Å². The third-order valence-electron chi connectivity index (χ3n) is 6.09. The van der Waals surface area contributed by atoms with Gasteiger partial charge in [0, 0.05) is 36.2 Å². The van der Waals surface area contributed by atoms with Crippen LogP contribution in [-0.4, -0.2) is 64.5 Å². The third kappa shape index (κ3) is 7.49. The van der Waals surface area contributed by atoms with Crippen LogP contribution in [0.4, 0.5) is 23.2 Å². The summed E-state index contributed by atoms with van der Waals surface area (Å²) in [6.07, 6.45) is 1.71. The van der Waals surface area contributed by atoms with Crippen molar-refractivity contribution in [2.24, 2.45) is 7.05 Å². The number of anilines is 1. The van der Waals surface area contributed by atoms with Crippen LogP contribution >= 0.6 is 0 Å². The first-order chi connectivity index (χ1) is 17.5. The van der Waals surface area contributed by atoms with Gasteiger partial charge in [-0.05, 0) is 38.2 Å². The van der Waals surface area contributed by atoms with Gasteiger partial charge in [-0.1, -0.05) is 37.4 Å². The summed E-state index contributed by atoms with van der Waals surface area (Å²) < 4.78 is 57.0. The van der Waals surface area contributed by atoms with Crippen molar-refractivity contribution in [3.05, 3.63) is 72.4 Å². The number of allylic oxidation sites excluding steroid dienone is 1. The minimum Gasteiger partial charge on any atom is -0.453 e. The number of halogens is 4. The zero-order valence-corrected chi connectivity index (χ0v) is 27.7. The van der Waals surface area contributed by atoms with E-state index in [9.17, 15) is 22.4 Å². The smallest absolute Gasteiger partial charge is 0.453 e. The fourth-order valence-corrected chi connectivity index (χ4v) is 4.14. The van der Waals surface area contributed by atoms with E-state index in [2.05, 4.69) is 27.3 Å². The molecule has 38 heavy (non-hydrogen) atoms. The fourth-order valence-electron chi connectivity index (χ4n) is 4.14. The van der Waals surface area contributed by atoms with Crippen molar-refractivity contribution in [1.82, 2.24) is 25.0 Å². The standard InChI is InChI=1S/C26H27F4N6O.Cs/c1-16(26(28,29)30)24-19-7-4-8-22(34-23-9-11-35(2)15-21(23)27)20(19)12-18(33-24)6-5-10-31-25(37)17-13-32-36(3)14-17;/h4-8,12-14,23,34H,1,9-11,15H2,2-3H3,(H,31,37);/q-1;+1/b6-5+;. The third-order valence-corrected chi connectivity index (χ3v) is 6.09. The molecule has 0 radical (unpaired) electrons. The van der Waals surface area contributed by atoms with Crippen molar-refractivity contribution < 1.29 is 91.2 Å². The van der Waals surface area contributed by atoms with Gasteiger partial charge in [-0.25, -0.2) is 4.98 Å². The van der Waals surface area contributed by atoms with Gasteiger partial charge in [0.05, 0.1) is 28.7 Å². The summed E-state index contributed by atoms with van der Waals surface area (Å²) in [6, 6.07) is 5.93. The molecule has 1 aliphatic rings. The second kappa shape index (κ2) is 13.1. The van der Waals surface area contributed by atoms with Gasteiger partial charge in [0.1, 0.15) is 0 Å². The molecule has 1 aromatic carbocycles. The molecule has 3 aromatic rings. The molecule has 1 saturated heterocycles. The Morgan fingerprint density at radius 1 is 1.29 bits per heavy atom. The number of alkyl halides is 3. The predicted molar refractivity (Wildman–Crippen MR) is 135 cm³/mol. The van der Waals surface area contributed by atoms with Crippen LogP contribution < -0.4 is 79.5 Å². The molecule has 4 rings (SSSR count). The van der Waals surface area contributed by atoms with Crippen LogP contribution in [0.15, 0.2) is 49.3 Å². The Morgan fingerprint density at radius 3 is 2.71 bits per heavy atom. The molecule has 0 aliphatic carbocycles. The Kier molecular flexibility index (Phi) is 10.7. The number of piperidine rings is 1. The quantitative estimate of drug-likeness (QED) is 0.301. The molecule has 1 amide bonds. The zero-order chi connectivity index (χ0) is 26.7. The number of aromatic nitrogens is 3. The van der Waals surface area contributed by atoms with Crippen molar-refractivity contribution in [2.75, 3.05) is 32.0 Å². The van der Waals surface area contributed by atoms with Gasteiger partial charge in [-0.3, -0.25) is 9.48 Å². The largest absolute Gasteiger partial charge is 1.00 e. The summed E-state index contributed by atoms with van der Waals surface area (Å²) in [5, 5.41) is 10.5. The molecule has 0 spiro atoms. The maximum atomic E-state index is 14.6. The molecule has 2 aromatic heterocycles. The summed E-state index contributed by atoms with van der Waals surface area (Å²) >= 11 is 0. The van der Waals surface area contributed by atoms with Gasteiger partial charge in [0.2, 0.25) is 0 Å². The first kappa shape index (κ1) is 30.9. The van der Waals surface area contributed by atoms with Crippen LogP contribution in [-0.2, 0) is 7.05 Å².